The molecular weight excluding hydrogens is 202 g/mol. The summed E-state index contributed by atoms with van der Waals surface area (Å²) in [4.78, 5) is 11.6. The van der Waals surface area contributed by atoms with Gasteiger partial charge in [-0.15, -0.1) is 0 Å². The first-order valence-electron chi connectivity index (χ1n) is 6.21. The molecule has 0 saturated heterocycles. The van der Waals surface area contributed by atoms with Crippen LogP contribution in [0.4, 0.5) is 0 Å². The summed E-state index contributed by atoms with van der Waals surface area (Å²) < 4.78 is 0. The molecule has 0 unspecified atom stereocenters. The van der Waals surface area contributed by atoms with Gasteiger partial charge in [0.1, 0.15) is 0 Å². The van der Waals surface area contributed by atoms with E-state index in [1.165, 1.54) is 0 Å². The van der Waals surface area contributed by atoms with Crippen molar-refractivity contribution < 1.29 is 9.90 Å². The SMILES string of the molecule is C[C@]12CC3(N)CC(C(=O)O)(C1)C[C@](C)(C3)C2. The second kappa shape index (κ2) is 2.47. The molecule has 90 valence electrons. The lowest BCUT2D eigenvalue weighted by Crippen LogP contribution is -2.67. The molecule has 4 aliphatic carbocycles. The molecule has 16 heavy (non-hydrogen) atoms. The van der Waals surface area contributed by atoms with Crippen LogP contribution < -0.4 is 5.73 Å². The smallest absolute Gasteiger partial charge is 0.309 e. The van der Waals surface area contributed by atoms with Gasteiger partial charge in [-0.05, 0) is 49.4 Å². The van der Waals surface area contributed by atoms with E-state index in [1.807, 2.05) is 0 Å². The molecule has 4 aliphatic rings. The van der Waals surface area contributed by atoms with Crippen molar-refractivity contribution in [3.63, 3.8) is 0 Å². The van der Waals surface area contributed by atoms with Crippen molar-refractivity contribution in [2.45, 2.75) is 57.9 Å². The first-order chi connectivity index (χ1) is 7.19. The van der Waals surface area contributed by atoms with E-state index in [2.05, 4.69) is 13.8 Å². The average molecular weight is 223 g/mol. The van der Waals surface area contributed by atoms with Crippen LogP contribution in [0.3, 0.4) is 0 Å². The standard InChI is InChI=1S/C13H21NO2/c1-10-3-11(2)5-12(4-10,9(15)16)8-13(14,6-10)7-11/h3-8,14H2,1-2H3,(H,15,16)/t10-,11-,12?,13?/m1/s1. The molecule has 4 saturated carbocycles. The maximum atomic E-state index is 11.6. The normalized spacial score (nSPS) is 58.9. The van der Waals surface area contributed by atoms with Crippen molar-refractivity contribution in [1.82, 2.24) is 0 Å². The van der Waals surface area contributed by atoms with Gasteiger partial charge in [0.25, 0.3) is 0 Å². The second-order valence-electron chi connectivity index (χ2n) is 7.63. The highest BCUT2D eigenvalue weighted by molar-refractivity contribution is 5.76. The van der Waals surface area contributed by atoms with E-state index >= 15 is 0 Å². The van der Waals surface area contributed by atoms with E-state index in [-0.39, 0.29) is 16.4 Å². The summed E-state index contributed by atoms with van der Waals surface area (Å²) in [5.74, 6) is -0.612. The number of hydrogen-bond acceptors (Lipinski definition) is 2. The van der Waals surface area contributed by atoms with Gasteiger partial charge in [0.05, 0.1) is 5.41 Å². The third-order valence-electron chi connectivity index (χ3n) is 5.09. The van der Waals surface area contributed by atoms with Crippen LogP contribution in [0.5, 0.6) is 0 Å². The molecule has 0 heterocycles. The largest absolute Gasteiger partial charge is 0.481 e. The molecule has 0 aromatic carbocycles. The van der Waals surface area contributed by atoms with Crippen LogP contribution in [0.2, 0.25) is 0 Å². The Kier molecular flexibility index (Phi) is 1.64. The Morgan fingerprint density at radius 3 is 1.88 bits per heavy atom. The van der Waals surface area contributed by atoms with E-state index in [0.29, 0.717) is 6.42 Å². The number of aliphatic carboxylic acids is 1. The third-order valence-corrected chi connectivity index (χ3v) is 5.09. The van der Waals surface area contributed by atoms with Gasteiger partial charge in [0.2, 0.25) is 0 Å². The molecule has 0 radical (unpaired) electrons. The van der Waals surface area contributed by atoms with Crippen LogP contribution in [0.15, 0.2) is 0 Å². The zero-order valence-electron chi connectivity index (χ0n) is 10.2. The lowest BCUT2D eigenvalue weighted by atomic mass is 9.38. The Morgan fingerprint density at radius 1 is 1.00 bits per heavy atom. The van der Waals surface area contributed by atoms with Crippen molar-refractivity contribution in [3.05, 3.63) is 0 Å². The maximum Gasteiger partial charge on any atom is 0.309 e. The van der Waals surface area contributed by atoms with Crippen LogP contribution in [-0.2, 0) is 4.79 Å². The van der Waals surface area contributed by atoms with E-state index in [0.717, 1.165) is 32.1 Å². The first kappa shape index (κ1) is 10.6. The minimum Gasteiger partial charge on any atom is -0.481 e. The van der Waals surface area contributed by atoms with Crippen molar-refractivity contribution in [2.75, 3.05) is 0 Å². The summed E-state index contributed by atoms with van der Waals surface area (Å²) in [6, 6.07) is 0. The highest BCUT2D eigenvalue weighted by Crippen LogP contribution is 2.70. The lowest BCUT2D eigenvalue weighted by molar-refractivity contribution is -0.189. The van der Waals surface area contributed by atoms with Crippen LogP contribution in [0, 0.1) is 16.2 Å². The molecule has 4 rings (SSSR count). The Bertz CT molecular complexity index is 323. The lowest BCUT2D eigenvalue weighted by Gasteiger charge is -2.67. The predicted molar refractivity (Wildman–Crippen MR) is 60.9 cm³/mol. The number of carbonyl (C=O) groups is 1. The van der Waals surface area contributed by atoms with Gasteiger partial charge >= 0.3 is 5.97 Å². The predicted octanol–water partition coefficient (Wildman–Crippen LogP) is 2.15. The minimum absolute atomic E-state index is 0.163. The Labute approximate surface area is 96.4 Å². The molecule has 3 nitrogen and oxygen atoms in total. The zero-order valence-corrected chi connectivity index (χ0v) is 10.2. The van der Waals surface area contributed by atoms with Crippen LogP contribution in [-0.4, -0.2) is 16.6 Å². The van der Waals surface area contributed by atoms with E-state index < -0.39 is 11.4 Å². The summed E-state index contributed by atoms with van der Waals surface area (Å²) in [7, 11) is 0. The molecule has 2 atom stereocenters. The fraction of sp³-hybridized carbons (Fsp3) is 0.923. The highest BCUT2D eigenvalue weighted by atomic mass is 16.4. The summed E-state index contributed by atoms with van der Waals surface area (Å²) in [6.07, 6.45) is 5.57. The van der Waals surface area contributed by atoms with Gasteiger partial charge in [-0.2, -0.15) is 0 Å². The fourth-order valence-electron chi connectivity index (χ4n) is 6.01. The summed E-state index contributed by atoms with van der Waals surface area (Å²) in [6.45, 7) is 4.48. The van der Waals surface area contributed by atoms with Gasteiger partial charge in [-0.1, -0.05) is 13.8 Å². The van der Waals surface area contributed by atoms with Crippen LogP contribution in [0.1, 0.15) is 52.4 Å². The third kappa shape index (κ3) is 1.21. The van der Waals surface area contributed by atoms with Gasteiger partial charge in [-0.3, -0.25) is 4.79 Å². The van der Waals surface area contributed by atoms with Crippen molar-refractivity contribution in [2.24, 2.45) is 22.0 Å². The Morgan fingerprint density at radius 2 is 1.50 bits per heavy atom. The van der Waals surface area contributed by atoms with E-state index in [4.69, 9.17) is 5.73 Å². The molecule has 4 fully saturated rings. The molecule has 0 amide bonds. The molecule has 4 bridgehead atoms. The van der Waals surface area contributed by atoms with Gasteiger partial charge in [0, 0.05) is 5.54 Å². The zero-order chi connectivity index (χ0) is 11.8. The number of rotatable bonds is 1. The van der Waals surface area contributed by atoms with Gasteiger partial charge < -0.3 is 10.8 Å². The van der Waals surface area contributed by atoms with E-state index in [9.17, 15) is 9.90 Å². The topological polar surface area (TPSA) is 63.3 Å². The van der Waals surface area contributed by atoms with Crippen LogP contribution >= 0.6 is 0 Å². The number of carboxylic acids is 1. The summed E-state index contributed by atoms with van der Waals surface area (Å²) >= 11 is 0. The van der Waals surface area contributed by atoms with Gasteiger partial charge in [0.15, 0.2) is 0 Å². The second-order valence-corrected chi connectivity index (χ2v) is 7.63. The number of hydrogen-bond donors (Lipinski definition) is 2. The van der Waals surface area contributed by atoms with Crippen molar-refractivity contribution in [1.29, 1.82) is 0 Å². The minimum atomic E-state index is -0.612. The number of nitrogens with two attached hydrogens (primary N) is 1. The monoisotopic (exact) mass is 223 g/mol. The molecule has 0 aliphatic heterocycles. The quantitative estimate of drug-likeness (QED) is 0.716. The Hall–Kier alpha value is -0.570. The maximum absolute atomic E-state index is 11.6. The Balaban J connectivity index is 2.11. The van der Waals surface area contributed by atoms with E-state index in [1.54, 1.807) is 0 Å². The average Bonchev–Trinajstić information content (AvgIpc) is 1.92. The molecule has 0 aromatic rings. The first-order valence-corrected chi connectivity index (χ1v) is 6.21. The molecular formula is C13H21NO2. The van der Waals surface area contributed by atoms with Crippen molar-refractivity contribution in [3.8, 4) is 0 Å². The molecule has 3 heteroatoms. The van der Waals surface area contributed by atoms with Gasteiger partial charge in [-0.25, -0.2) is 0 Å². The molecule has 0 spiro atoms. The van der Waals surface area contributed by atoms with Crippen LogP contribution in [0.25, 0.3) is 0 Å². The summed E-state index contributed by atoms with van der Waals surface area (Å²) in [5, 5.41) is 9.57. The molecule has 3 N–H and O–H groups in total. The van der Waals surface area contributed by atoms with Crippen molar-refractivity contribution >= 4 is 5.97 Å². The number of carboxylic acid groups (broad SMARTS) is 1. The molecule has 0 aromatic heterocycles. The highest BCUT2D eigenvalue weighted by Gasteiger charge is 2.66. The fourth-order valence-corrected chi connectivity index (χ4v) is 6.01. The summed E-state index contributed by atoms with van der Waals surface area (Å²) in [5.41, 5.74) is 6.05.